The first-order valence-electron chi connectivity index (χ1n) is 7.05. The second-order valence-corrected chi connectivity index (χ2v) is 4.52. The molecule has 0 aromatic heterocycles. The number of aliphatic hydroxyl groups excluding tert-OH is 1. The van der Waals surface area contributed by atoms with Gasteiger partial charge in [-0.05, 0) is 32.1 Å². The van der Waals surface area contributed by atoms with Crippen LogP contribution >= 0.6 is 0 Å². The number of rotatable bonds is 11. The molecule has 2 N–H and O–H groups in total. The van der Waals surface area contributed by atoms with Crippen LogP contribution in [-0.4, -0.2) is 22.3 Å². The molecule has 0 aliphatic carbocycles. The smallest absolute Gasteiger partial charge is 0.303 e. The minimum Gasteiger partial charge on any atom is -0.481 e. The summed E-state index contributed by atoms with van der Waals surface area (Å²) in [6.07, 6.45) is 16.8. The lowest BCUT2D eigenvalue weighted by Crippen LogP contribution is -2.02. The van der Waals surface area contributed by atoms with E-state index >= 15 is 0 Å². The average Bonchev–Trinajstić information content (AvgIpc) is 2.37. The van der Waals surface area contributed by atoms with Crippen molar-refractivity contribution in [1.29, 1.82) is 0 Å². The van der Waals surface area contributed by atoms with Crippen LogP contribution in [0, 0.1) is 0 Å². The van der Waals surface area contributed by atoms with Crippen molar-refractivity contribution in [2.45, 2.75) is 58.0 Å². The van der Waals surface area contributed by atoms with Gasteiger partial charge in [-0.25, -0.2) is 0 Å². The normalized spacial score (nSPS) is 13.8. The average molecular weight is 266 g/mol. The van der Waals surface area contributed by atoms with Gasteiger partial charge in [0.25, 0.3) is 0 Å². The molecule has 0 heterocycles. The maximum Gasteiger partial charge on any atom is 0.303 e. The van der Waals surface area contributed by atoms with Gasteiger partial charge in [0.1, 0.15) is 0 Å². The Labute approximate surface area is 116 Å². The molecule has 3 nitrogen and oxygen atoms in total. The lowest BCUT2D eigenvalue weighted by Gasteiger charge is -2.03. The Bertz CT molecular complexity index is 303. The van der Waals surface area contributed by atoms with Gasteiger partial charge in [0, 0.05) is 6.42 Å². The van der Waals surface area contributed by atoms with Crippen molar-refractivity contribution in [3.05, 3.63) is 36.5 Å². The molecule has 0 unspecified atom stereocenters. The van der Waals surface area contributed by atoms with E-state index in [9.17, 15) is 9.90 Å². The lowest BCUT2D eigenvalue weighted by atomic mass is 10.1. The van der Waals surface area contributed by atoms with E-state index in [1.165, 1.54) is 6.42 Å². The van der Waals surface area contributed by atoms with E-state index < -0.39 is 12.1 Å². The Balaban J connectivity index is 3.57. The van der Waals surface area contributed by atoms with Crippen LogP contribution in [0.3, 0.4) is 0 Å². The third kappa shape index (κ3) is 14.6. The Morgan fingerprint density at radius 1 is 1.16 bits per heavy atom. The summed E-state index contributed by atoms with van der Waals surface area (Å²) in [5, 5.41) is 18.1. The SMILES string of the molecule is CCC/C=C\C/C=C\C=C\[C@H](O)CCCCC(=O)O. The number of carboxylic acid groups (broad SMARTS) is 1. The summed E-state index contributed by atoms with van der Waals surface area (Å²) >= 11 is 0. The van der Waals surface area contributed by atoms with Crippen molar-refractivity contribution >= 4 is 5.97 Å². The van der Waals surface area contributed by atoms with Crippen molar-refractivity contribution in [2.75, 3.05) is 0 Å². The molecule has 0 saturated heterocycles. The highest BCUT2D eigenvalue weighted by Gasteiger charge is 2.00. The van der Waals surface area contributed by atoms with E-state index in [0.717, 1.165) is 19.3 Å². The topological polar surface area (TPSA) is 57.5 Å². The zero-order chi connectivity index (χ0) is 14.3. The summed E-state index contributed by atoms with van der Waals surface area (Å²) in [6.45, 7) is 2.15. The van der Waals surface area contributed by atoms with E-state index in [-0.39, 0.29) is 6.42 Å². The molecule has 1 atom stereocenters. The monoisotopic (exact) mass is 266 g/mol. The lowest BCUT2D eigenvalue weighted by molar-refractivity contribution is -0.137. The number of aliphatic carboxylic acids is 1. The number of aliphatic hydroxyl groups is 1. The van der Waals surface area contributed by atoms with Crippen LogP contribution in [0.1, 0.15) is 51.9 Å². The third-order valence-corrected chi connectivity index (χ3v) is 2.62. The first-order valence-corrected chi connectivity index (χ1v) is 7.05. The fraction of sp³-hybridized carbons (Fsp3) is 0.562. The third-order valence-electron chi connectivity index (χ3n) is 2.62. The first-order chi connectivity index (χ1) is 9.16. The van der Waals surface area contributed by atoms with Gasteiger partial charge < -0.3 is 10.2 Å². The van der Waals surface area contributed by atoms with E-state index in [1.807, 2.05) is 18.2 Å². The van der Waals surface area contributed by atoms with Crippen molar-refractivity contribution in [3.8, 4) is 0 Å². The summed E-state index contributed by atoms with van der Waals surface area (Å²) in [5.74, 6) is -0.774. The quantitative estimate of drug-likeness (QED) is 0.339. The molecule has 19 heavy (non-hydrogen) atoms. The van der Waals surface area contributed by atoms with Crippen molar-refractivity contribution in [1.82, 2.24) is 0 Å². The molecule has 0 saturated carbocycles. The second-order valence-electron chi connectivity index (χ2n) is 4.52. The van der Waals surface area contributed by atoms with Gasteiger partial charge in [0.2, 0.25) is 0 Å². The van der Waals surface area contributed by atoms with E-state index in [0.29, 0.717) is 12.8 Å². The molecular weight excluding hydrogens is 240 g/mol. The molecule has 0 spiro atoms. The zero-order valence-electron chi connectivity index (χ0n) is 11.8. The molecule has 108 valence electrons. The van der Waals surface area contributed by atoms with Gasteiger partial charge in [0.05, 0.1) is 6.10 Å². The predicted octanol–water partition coefficient (Wildman–Crippen LogP) is 3.85. The molecule has 3 heteroatoms. The van der Waals surface area contributed by atoms with E-state index in [2.05, 4.69) is 19.1 Å². The molecular formula is C16H26O3. The molecule has 0 fully saturated rings. The number of allylic oxidation sites excluding steroid dienone is 5. The number of carboxylic acids is 1. The van der Waals surface area contributed by atoms with Crippen LogP contribution in [0.2, 0.25) is 0 Å². The summed E-state index contributed by atoms with van der Waals surface area (Å²) in [5.41, 5.74) is 0. The van der Waals surface area contributed by atoms with Gasteiger partial charge in [0.15, 0.2) is 0 Å². The molecule has 0 aliphatic rings. The Hall–Kier alpha value is -1.35. The number of unbranched alkanes of at least 4 members (excludes halogenated alkanes) is 2. The Morgan fingerprint density at radius 2 is 1.95 bits per heavy atom. The minimum absolute atomic E-state index is 0.181. The maximum absolute atomic E-state index is 10.3. The molecule has 0 radical (unpaired) electrons. The van der Waals surface area contributed by atoms with Crippen LogP contribution in [0.5, 0.6) is 0 Å². The molecule has 0 aromatic carbocycles. The van der Waals surface area contributed by atoms with Gasteiger partial charge >= 0.3 is 5.97 Å². The van der Waals surface area contributed by atoms with Gasteiger partial charge in [-0.15, -0.1) is 0 Å². The first kappa shape index (κ1) is 17.6. The minimum atomic E-state index is -0.774. The molecule has 0 amide bonds. The number of hydrogen-bond donors (Lipinski definition) is 2. The van der Waals surface area contributed by atoms with Crippen LogP contribution in [-0.2, 0) is 4.79 Å². The van der Waals surface area contributed by atoms with Crippen molar-refractivity contribution in [2.24, 2.45) is 0 Å². The number of hydrogen-bond acceptors (Lipinski definition) is 2. The van der Waals surface area contributed by atoms with Crippen LogP contribution in [0.4, 0.5) is 0 Å². The van der Waals surface area contributed by atoms with Gasteiger partial charge in [-0.2, -0.15) is 0 Å². The Kier molecular flexibility index (Phi) is 12.2. The highest BCUT2D eigenvalue weighted by atomic mass is 16.4. The molecule has 0 aliphatic heterocycles. The fourth-order valence-corrected chi connectivity index (χ4v) is 1.53. The second kappa shape index (κ2) is 13.1. The highest BCUT2D eigenvalue weighted by Crippen LogP contribution is 2.05. The summed E-state index contributed by atoms with van der Waals surface area (Å²) in [6, 6.07) is 0. The largest absolute Gasteiger partial charge is 0.481 e. The van der Waals surface area contributed by atoms with E-state index in [1.54, 1.807) is 6.08 Å². The molecule has 0 rings (SSSR count). The van der Waals surface area contributed by atoms with Crippen LogP contribution < -0.4 is 0 Å². The van der Waals surface area contributed by atoms with Gasteiger partial charge in [-0.1, -0.05) is 49.8 Å². The number of carbonyl (C=O) groups is 1. The van der Waals surface area contributed by atoms with Crippen molar-refractivity contribution < 1.29 is 15.0 Å². The van der Waals surface area contributed by atoms with Crippen molar-refractivity contribution in [3.63, 3.8) is 0 Å². The Morgan fingerprint density at radius 3 is 2.63 bits per heavy atom. The van der Waals surface area contributed by atoms with Crippen LogP contribution in [0.25, 0.3) is 0 Å². The predicted molar refractivity (Wildman–Crippen MR) is 79.1 cm³/mol. The fourth-order valence-electron chi connectivity index (χ4n) is 1.53. The zero-order valence-corrected chi connectivity index (χ0v) is 11.8. The highest BCUT2D eigenvalue weighted by molar-refractivity contribution is 5.66. The maximum atomic E-state index is 10.3. The van der Waals surface area contributed by atoms with Gasteiger partial charge in [-0.3, -0.25) is 4.79 Å². The van der Waals surface area contributed by atoms with E-state index in [4.69, 9.17) is 5.11 Å². The summed E-state index contributed by atoms with van der Waals surface area (Å²) in [7, 11) is 0. The molecule has 0 aromatic rings. The summed E-state index contributed by atoms with van der Waals surface area (Å²) in [4.78, 5) is 10.3. The molecule has 0 bridgehead atoms. The van der Waals surface area contributed by atoms with Crippen LogP contribution in [0.15, 0.2) is 36.5 Å². The standard InChI is InChI=1S/C16H26O3/c1-2-3-4-5-6-7-8-9-12-15(17)13-10-11-14-16(18)19/h4-5,7-9,12,15,17H,2-3,6,10-11,13-14H2,1H3,(H,18,19)/b5-4-,8-7-,12-9+/t15-/m0/s1. The summed E-state index contributed by atoms with van der Waals surface area (Å²) < 4.78 is 0.